The summed E-state index contributed by atoms with van der Waals surface area (Å²) in [5.41, 5.74) is 1.17. The molecule has 0 radical (unpaired) electrons. The predicted molar refractivity (Wildman–Crippen MR) is 76.0 cm³/mol. The molecule has 5 nitrogen and oxygen atoms in total. The standard InChI is InChI=1S/C15H19N3O2/c1-11(19)13-5-6-18(9-13)10-15(20)17-14-4-2-3-12(7-14)8-16/h2-4,7,11,13,19H,5-6,9-10H2,1H3,(H,17,20). The molecule has 1 saturated heterocycles. The summed E-state index contributed by atoms with van der Waals surface area (Å²) in [5.74, 6) is 0.163. The minimum atomic E-state index is -0.324. The van der Waals surface area contributed by atoms with Crippen molar-refractivity contribution in [3.63, 3.8) is 0 Å². The van der Waals surface area contributed by atoms with Crippen LogP contribution in [0.15, 0.2) is 24.3 Å². The van der Waals surface area contributed by atoms with E-state index in [0.717, 1.165) is 19.5 Å². The SMILES string of the molecule is CC(O)C1CCN(CC(=O)Nc2cccc(C#N)c2)C1. The van der Waals surface area contributed by atoms with E-state index >= 15 is 0 Å². The van der Waals surface area contributed by atoms with Crippen molar-refractivity contribution >= 4 is 11.6 Å². The molecule has 2 N–H and O–H groups in total. The lowest BCUT2D eigenvalue weighted by Crippen LogP contribution is -2.32. The first-order valence-electron chi connectivity index (χ1n) is 6.79. The smallest absolute Gasteiger partial charge is 0.238 e. The lowest BCUT2D eigenvalue weighted by atomic mass is 10.0. The van der Waals surface area contributed by atoms with E-state index in [1.165, 1.54) is 0 Å². The molecular weight excluding hydrogens is 254 g/mol. The molecule has 0 bridgehead atoms. The van der Waals surface area contributed by atoms with Crippen molar-refractivity contribution in [3.05, 3.63) is 29.8 Å². The second kappa shape index (κ2) is 6.51. The van der Waals surface area contributed by atoms with Crippen LogP contribution in [0.25, 0.3) is 0 Å². The first kappa shape index (κ1) is 14.5. The number of amides is 1. The maximum absolute atomic E-state index is 11.9. The highest BCUT2D eigenvalue weighted by Gasteiger charge is 2.26. The molecule has 2 atom stereocenters. The zero-order valence-corrected chi connectivity index (χ0v) is 11.5. The second-order valence-electron chi connectivity index (χ2n) is 5.27. The Morgan fingerprint density at radius 3 is 3.10 bits per heavy atom. The van der Waals surface area contributed by atoms with Crippen molar-refractivity contribution < 1.29 is 9.90 Å². The fourth-order valence-electron chi connectivity index (χ4n) is 2.47. The highest BCUT2D eigenvalue weighted by atomic mass is 16.3. The predicted octanol–water partition coefficient (Wildman–Crippen LogP) is 1.20. The minimum Gasteiger partial charge on any atom is -0.393 e. The van der Waals surface area contributed by atoms with Crippen molar-refractivity contribution in [3.8, 4) is 6.07 Å². The molecule has 0 aliphatic carbocycles. The number of nitrogens with zero attached hydrogens (tertiary/aromatic N) is 2. The van der Waals surface area contributed by atoms with Crippen molar-refractivity contribution in [2.75, 3.05) is 25.0 Å². The average molecular weight is 273 g/mol. The summed E-state index contributed by atoms with van der Waals surface area (Å²) in [5, 5.41) is 21.1. The molecule has 5 heteroatoms. The van der Waals surface area contributed by atoms with Crippen LogP contribution in [0.2, 0.25) is 0 Å². The first-order valence-corrected chi connectivity index (χ1v) is 6.79. The Hall–Kier alpha value is -1.90. The Morgan fingerprint density at radius 1 is 1.65 bits per heavy atom. The number of aliphatic hydroxyl groups excluding tert-OH is 1. The van der Waals surface area contributed by atoms with E-state index in [2.05, 4.69) is 5.32 Å². The van der Waals surface area contributed by atoms with Gasteiger partial charge in [0.15, 0.2) is 0 Å². The number of anilines is 1. The topological polar surface area (TPSA) is 76.4 Å². The molecule has 2 unspecified atom stereocenters. The minimum absolute atomic E-state index is 0.0914. The Labute approximate surface area is 118 Å². The molecule has 1 aliphatic heterocycles. The molecular formula is C15H19N3O2. The van der Waals surface area contributed by atoms with Crippen LogP contribution in [0.5, 0.6) is 0 Å². The molecule has 1 aliphatic rings. The lowest BCUT2D eigenvalue weighted by Gasteiger charge is -2.17. The van der Waals surface area contributed by atoms with Gasteiger partial charge in [-0.1, -0.05) is 6.07 Å². The van der Waals surface area contributed by atoms with Gasteiger partial charge in [0.1, 0.15) is 0 Å². The summed E-state index contributed by atoms with van der Waals surface area (Å²) in [7, 11) is 0. The highest BCUT2D eigenvalue weighted by Crippen LogP contribution is 2.19. The van der Waals surface area contributed by atoms with Gasteiger partial charge in [0.05, 0.1) is 24.3 Å². The molecule has 2 rings (SSSR count). The molecule has 1 aromatic rings. The highest BCUT2D eigenvalue weighted by molar-refractivity contribution is 5.92. The fraction of sp³-hybridized carbons (Fsp3) is 0.467. The summed E-state index contributed by atoms with van der Waals surface area (Å²) in [6, 6.07) is 8.90. The van der Waals surface area contributed by atoms with Crippen LogP contribution in [0.4, 0.5) is 5.69 Å². The third-order valence-corrected chi connectivity index (χ3v) is 3.63. The third kappa shape index (κ3) is 3.80. The molecule has 0 spiro atoms. The van der Waals surface area contributed by atoms with Gasteiger partial charge in [0.25, 0.3) is 0 Å². The zero-order chi connectivity index (χ0) is 14.5. The third-order valence-electron chi connectivity index (χ3n) is 3.63. The average Bonchev–Trinajstić information content (AvgIpc) is 2.87. The number of rotatable bonds is 4. The van der Waals surface area contributed by atoms with E-state index in [1.54, 1.807) is 31.2 Å². The summed E-state index contributed by atoms with van der Waals surface area (Å²) in [6.45, 7) is 3.70. The van der Waals surface area contributed by atoms with Gasteiger partial charge < -0.3 is 10.4 Å². The molecule has 1 aromatic carbocycles. The Morgan fingerprint density at radius 2 is 2.45 bits per heavy atom. The van der Waals surface area contributed by atoms with Gasteiger partial charge in [-0.25, -0.2) is 0 Å². The largest absolute Gasteiger partial charge is 0.393 e. The van der Waals surface area contributed by atoms with Crippen molar-refractivity contribution in [1.82, 2.24) is 4.90 Å². The summed E-state index contributed by atoms with van der Waals surface area (Å²) < 4.78 is 0. The van der Waals surface area contributed by atoms with Crippen LogP contribution in [0.3, 0.4) is 0 Å². The number of hydrogen-bond acceptors (Lipinski definition) is 4. The number of nitriles is 1. The van der Waals surface area contributed by atoms with E-state index in [9.17, 15) is 9.90 Å². The number of carbonyl (C=O) groups excluding carboxylic acids is 1. The van der Waals surface area contributed by atoms with Crippen LogP contribution in [0.1, 0.15) is 18.9 Å². The quantitative estimate of drug-likeness (QED) is 0.864. The molecule has 106 valence electrons. The maximum atomic E-state index is 11.9. The van der Waals surface area contributed by atoms with E-state index in [-0.39, 0.29) is 17.9 Å². The maximum Gasteiger partial charge on any atom is 0.238 e. The van der Waals surface area contributed by atoms with Crippen LogP contribution in [-0.4, -0.2) is 41.7 Å². The summed E-state index contributed by atoms with van der Waals surface area (Å²) >= 11 is 0. The Kier molecular flexibility index (Phi) is 4.72. The van der Waals surface area contributed by atoms with Gasteiger partial charge in [0, 0.05) is 12.2 Å². The molecule has 20 heavy (non-hydrogen) atoms. The van der Waals surface area contributed by atoms with Crippen LogP contribution < -0.4 is 5.32 Å². The van der Waals surface area contributed by atoms with Crippen molar-refractivity contribution in [2.45, 2.75) is 19.4 Å². The number of benzene rings is 1. The number of likely N-dealkylation sites (tertiary alicyclic amines) is 1. The lowest BCUT2D eigenvalue weighted by molar-refractivity contribution is -0.117. The monoisotopic (exact) mass is 273 g/mol. The van der Waals surface area contributed by atoms with Crippen molar-refractivity contribution in [2.24, 2.45) is 5.92 Å². The fourth-order valence-corrected chi connectivity index (χ4v) is 2.47. The van der Waals surface area contributed by atoms with Gasteiger partial charge >= 0.3 is 0 Å². The molecule has 0 aromatic heterocycles. The van der Waals surface area contributed by atoms with E-state index in [4.69, 9.17) is 5.26 Å². The first-order chi connectivity index (χ1) is 9.58. The van der Waals surface area contributed by atoms with E-state index in [1.807, 2.05) is 11.0 Å². The molecule has 1 fully saturated rings. The van der Waals surface area contributed by atoms with Crippen LogP contribution in [-0.2, 0) is 4.79 Å². The normalized spacial score (nSPS) is 20.4. The Balaban J connectivity index is 1.85. The second-order valence-corrected chi connectivity index (χ2v) is 5.27. The van der Waals surface area contributed by atoms with Gasteiger partial charge in [-0.3, -0.25) is 9.69 Å². The van der Waals surface area contributed by atoms with E-state index < -0.39 is 0 Å². The molecule has 1 amide bonds. The zero-order valence-electron chi connectivity index (χ0n) is 11.5. The van der Waals surface area contributed by atoms with Crippen LogP contribution >= 0.6 is 0 Å². The molecule has 1 heterocycles. The molecule has 0 saturated carbocycles. The van der Waals surface area contributed by atoms with Crippen molar-refractivity contribution in [1.29, 1.82) is 5.26 Å². The van der Waals surface area contributed by atoms with E-state index in [0.29, 0.717) is 17.8 Å². The van der Waals surface area contributed by atoms with Gasteiger partial charge in [-0.05, 0) is 44.0 Å². The van der Waals surface area contributed by atoms with Gasteiger partial charge in [0.2, 0.25) is 5.91 Å². The number of aliphatic hydroxyl groups is 1. The number of nitrogens with one attached hydrogen (secondary N) is 1. The summed E-state index contributed by atoms with van der Waals surface area (Å²) in [4.78, 5) is 14.0. The Bertz CT molecular complexity index is 522. The number of carbonyl (C=O) groups is 1. The number of hydrogen-bond donors (Lipinski definition) is 2. The van der Waals surface area contributed by atoms with Gasteiger partial charge in [-0.15, -0.1) is 0 Å². The van der Waals surface area contributed by atoms with Crippen LogP contribution in [0, 0.1) is 17.2 Å². The van der Waals surface area contributed by atoms with Gasteiger partial charge in [-0.2, -0.15) is 5.26 Å². The summed E-state index contributed by atoms with van der Waals surface area (Å²) in [6.07, 6.45) is 0.602.